The first-order valence-corrected chi connectivity index (χ1v) is 11.3. The summed E-state index contributed by atoms with van der Waals surface area (Å²) < 4.78 is 27.3. The largest absolute Gasteiger partial charge is 0.322 e. The van der Waals surface area contributed by atoms with Crippen LogP contribution < -0.4 is 9.62 Å². The molecule has 3 rings (SSSR count). The Morgan fingerprint density at radius 2 is 1.58 bits per heavy atom. The Hall–Kier alpha value is -2.87. The van der Waals surface area contributed by atoms with Gasteiger partial charge >= 0.3 is 0 Å². The number of hydrogen-bond acceptors (Lipinski definition) is 4. The van der Waals surface area contributed by atoms with E-state index in [-0.39, 0.29) is 21.3 Å². The van der Waals surface area contributed by atoms with E-state index in [0.717, 1.165) is 4.31 Å². The number of benzene rings is 3. The quantitative estimate of drug-likeness (QED) is 0.490. The Morgan fingerprint density at radius 3 is 2.23 bits per heavy atom. The van der Waals surface area contributed by atoms with Crippen molar-refractivity contribution in [3.8, 4) is 0 Å². The molecule has 31 heavy (non-hydrogen) atoms. The number of halogens is 2. The molecule has 0 unspecified atom stereocenters. The number of anilines is 2. The molecule has 0 aliphatic carbocycles. The van der Waals surface area contributed by atoms with Crippen LogP contribution in [-0.2, 0) is 10.0 Å². The van der Waals surface area contributed by atoms with Gasteiger partial charge in [-0.1, -0.05) is 35.3 Å². The fourth-order valence-corrected chi connectivity index (χ4v) is 4.62. The molecule has 1 N–H and O–H groups in total. The van der Waals surface area contributed by atoms with Gasteiger partial charge in [0.2, 0.25) is 0 Å². The van der Waals surface area contributed by atoms with Crippen molar-refractivity contribution in [3.63, 3.8) is 0 Å². The van der Waals surface area contributed by atoms with Crippen LogP contribution in [0.25, 0.3) is 0 Å². The van der Waals surface area contributed by atoms with Crippen LogP contribution in [0.2, 0.25) is 10.0 Å². The Morgan fingerprint density at radius 1 is 0.903 bits per heavy atom. The molecule has 0 bridgehead atoms. The maximum Gasteiger partial charge on any atom is 0.265 e. The van der Waals surface area contributed by atoms with Gasteiger partial charge in [0.1, 0.15) is 4.90 Å². The maximum atomic E-state index is 13.1. The van der Waals surface area contributed by atoms with Crippen LogP contribution >= 0.6 is 23.2 Å². The van der Waals surface area contributed by atoms with Crippen molar-refractivity contribution in [2.24, 2.45) is 0 Å². The predicted octanol–water partition coefficient (Wildman–Crippen LogP) is 5.27. The van der Waals surface area contributed by atoms with Crippen LogP contribution in [0, 0.1) is 0 Å². The summed E-state index contributed by atoms with van der Waals surface area (Å²) in [4.78, 5) is 24.0. The third kappa shape index (κ3) is 5.07. The molecule has 0 saturated heterocycles. The van der Waals surface area contributed by atoms with E-state index in [9.17, 15) is 18.0 Å². The SMILES string of the molecule is CC(=O)c1cccc(NC(=O)c2ccc(Cl)c(S(=O)(=O)N(C)c3ccc(Cl)cc3)c2)c1. The summed E-state index contributed by atoms with van der Waals surface area (Å²) in [7, 11) is -2.66. The summed E-state index contributed by atoms with van der Waals surface area (Å²) in [6.45, 7) is 1.43. The highest BCUT2D eigenvalue weighted by Gasteiger charge is 2.25. The topological polar surface area (TPSA) is 83.5 Å². The van der Waals surface area contributed by atoms with Gasteiger partial charge in [-0.2, -0.15) is 0 Å². The van der Waals surface area contributed by atoms with Gasteiger partial charge in [0.25, 0.3) is 15.9 Å². The molecule has 0 fully saturated rings. The summed E-state index contributed by atoms with van der Waals surface area (Å²) in [5.74, 6) is -0.677. The van der Waals surface area contributed by atoms with Crippen LogP contribution in [0.3, 0.4) is 0 Å². The van der Waals surface area contributed by atoms with Gasteiger partial charge < -0.3 is 5.32 Å². The standard InChI is InChI=1S/C22H18Cl2N2O4S/c1-14(27)15-4-3-5-18(12-15)25-22(28)16-6-11-20(24)21(13-16)31(29,30)26(2)19-9-7-17(23)8-10-19/h3-13H,1-2H3,(H,25,28). The van der Waals surface area contributed by atoms with Crippen molar-refractivity contribution >= 4 is 56.3 Å². The second-order valence-corrected chi connectivity index (χ2v) is 9.47. The van der Waals surface area contributed by atoms with Crippen molar-refractivity contribution < 1.29 is 18.0 Å². The van der Waals surface area contributed by atoms with Crippen LogP contribution in [-0.4, -0.2) is 27.2 Å². The number of sulfonamides is 1. The fourth-order valence-electron chi connectivity index (χ4n) is 2.80. The molecule has 0 saturated carbocycles. The molecule has 1 amide bonds. The molecule has 0 spiro atoms. The highest BCUT2D eigenvalue weighted by molar-refractivity contribution is 7.93. The van der Waals surface area contributed by atoms with Crippen molar-refractivity contribution in [3.05, 3.63) is 87.9 Å². The van der Waals surface area contributed by atoms with Crippen molar-refractivity contribution in [1.29, 1.82) is 0 Å². The van der Waals surface area contributed by atoms with E-state index in [4.69, 9.17) is 23.2 Å². The molecule has 0 radical (unpaired) electrons. The summed E-state index contributed by atoms with van der Waals surface area (Å²) in [5.41, 5.74) is 1.34. The van der Waals surface area contributed by atoms with Crippen LogP contribution in [0.1, 0.15) is 27.6 Å². The normalized spacial score (nSPS) is 11.1. The third-order valence-electron chi connectivity index (χ3n) is 4.55. The summed E-state index contributed by atoms with van der Waals surface area (Å²) in [5, 5.41) is 3.12. The van der Waals surface area contributed by atoms with Crippen molar-refractivity contribution in [1.82, 2.24) is 0 Å². The summed E-state index contributed by atoms with van der Waals surface area (Å²) in [6.07, 6.45) is 0. The number of rotatable bonds is 6. The number of ketones is 1. The van der Waals surface area contributed by atoms with E-state index < -0.39 is 15.9 Å². The molecule has 0 aromatic heterocycles. The smallest absolute Gasteiger partial charge is 0.265 e. The second-order valence-electron chi connectivity index (χ2n) is 6.69. The lowest BCUT2D eigenvalue weighted by Crippen LogP contribution is -2.27. The molecular weight excluding hydrogens is 459 g/mol. The number of amides is 1. The Labute approximate surface area is 190 Å². The lowest BCUT2D eigenvalue weighted by Gasteiger charge is -2.20. The molecule has 0 heterocycles. The van der Waals surface area contributed by atoms with Gasteiger partial charge in [0.05, 0.1) is 10.7 Å². The molecule has 6 nitrogen and oxygen atoms in total. The van der Waals surface area contributed by atoms with Crippen molar-refractivity contribution in [2.75, 3.05) is 16.7 Å². The van der Waals surface area contributed by atoms with Gasteiger partial charge in [0, 0.05) is 28.9 Å². The number of nitrogens with zero attached hydrogens (tertiary/aromatic N) is 1. The molecule has 0 aliphatic heterocycles. The Balaban J connectivity index is 1.92. The minimum atomic E-state index is -4.05. The molecule has 160 valence electrons. The average molecular weight is 477 g/mol. The molecule has 9 heteroatoms. The van der Waals surface area contributed by atoms with E-state index >= 15 is 0 Å². The fraction of sp³-hybridized carbons (Fsp3) is 0.0909. The number of Topliss-reactive ketones (excluding diaryl/α,β-unsaturated/α-hetero) is 1. The Bertz CT molecular complexity index is 1260. The van der Waals surface area contributed by atoms with E-state index in [2.05, 4.69) is 5.32 Å². The lowest BCUT2D eigenvalue weighted by atomic mass is 10.1. The average Bonchev–Trinajstić information content (AvgIpc) is 2.74. The monoisotopic (exact) mass is 476 g/mol. The number of nitrogens with one attached hydrogen (secondary N) is 1. The van der Waals surface area contributed by atoms with Gasteiger partial charge in [-0.05, 0) is 61.5 Å². The van der Waals surface area contributed by atoms with Crippen molar-refractivity contribution in [2.45, 2.75) is 11.8 Å². The van der Waals surface area contributed by atoms with E-state index in [1.807, 2.05) is 0 Å². The van der Waals surface area contributed by atoms with Gasteiger partial charge in [-0.15, -0.1) is 0 Å². The summed E-state index contributed by atoms with van der Waals surface area (Å²) >= 11 is 12.0. The van der Waals surface area contributed by atoms with Crippen LogP contribution in [0.4, 0.5) is 11.4 Å². The van der Waals surface area contributed by atoms with E-state index in [1.54, 1.807) is 48.5 Å². The highest BCUT2D eigenvalue weighted by Crippen LogP contribution is 2.29. The molecular formula is C22H18Cl2N2O4S. The molecule has 3 aromatic rings. The Kier molecular flexibility index (Phi) is 6.69. The van der Waals surface area contributed by atoms with Crippen LogP contribution in [0.15, 0.2) is 71.6 Å². The molecule has 0 aliphatic rings. The third-order valence-corrected chi connectivity index (χ3v) is 7.07. The second kappa shape index (κ2) is 9.09. The predicted molar refractivity (Wildman–Crippen MR) is 123 cm³/mol. The molecule has 3 aromatic carbocycles. The number of carbonyl (C=O) groups is 2. The first-order chi connectivity index (χ1) is 14.6. The zero-order valence-corrected chi connectivity index (χ0v) is 18.9. The van der Waals surface area contributed by atoms with Gasteiger partial charge in [-0.25, -0.2) is 8.42 Å². The minimum absolute atomic E-state index is 0.0176. The van der Waals surface area contributed by atoms with E-state index in [1.165, 1.54) is 32.2 Å². The maximum absolute atomic E-state index is 13.1. The van der Waals surface area contributed by atoms with Gasteiger partial charge in [-0.3, -0.25) is 13.9 Å². The number of carbonyl (C=O) groups excluding carboxylic acids is 2. The zero-order valence-electron chi connectivity index (χ0n) is 16.6. The zero-order chi connectivity index (χ0) is 22.8. The number of hydrogen-bond donors (Lipinski definition) is 1. The highest BCUT2D eigenvalue weighted by atomic mass is 35.5. The van der Waals surface area contributed by atoms with Crippen LogP contribution in [0.5, 0.6) is 0 Å². The summed E-state index contributed by atoms with van der Waals surface area (Å²) in [6, 6.07) is 16.7. The first-order valence-electron chi connectivity index (χ1n) is 9.06. The first kappa shape index (κ1) is 22.8. The van der Waals surface area contributed by atoms with E-state index in [0.29, 0.717) is 22.0 Å². The molecule has 0 atom stereocenters. The van der Waals surface area contributed by atoms with Gasteiger partial charge in [0.15, 0.2) is 5.78 Å². The lowest BCUT2D eigenvalue weighted by molar-refractivity contribution is 0.101. The minimum Gasteiger partial charge on any atom is -0.322 e.